The molecule has 176 valence electrons. The Kier molecular flexibility index (Phi) is 7.21. The third kappa shape index (κ3) is 5.54. The van der Waals surface area contributed by atoms with Gasteiger partial charge in [0.2, 0.25) is 0 Å². The molecule has 2 aliphatic heterocycles. The van der Waals surface area contributed by atoms with Crippen LogP contribution in [0.2, 0.25) is 0 Å². The summed E-state index contributed by atoms with van der Waals surface area (Å²) in [5.41, 5.74) is 2.72. The summed E-state index contributed by atoms with van der Waals surface area (Å²) in [7, 11) is 0. The first-order valence-corrected chi connectivity index (χ1v) is 13.0. The lowest BCUT2D eigenvalue weighted by molar-refractivity contribution is 0.0331. The molecule has 5 rings (SSSR count). The molecule has 2 aromatic heterocycles. The molecule has 2 saturated heterocycles. The van der Waals surface area contributed by atoms with Crippen molar-refractivity contribution in [2.24, 2.45) is 5.92 Å². The van der Waals surface area contributed by atoms with Gasteiger partial charge in [0, 0.05) is 31.1 Å². The summed E-state index contributed by atoms with van der Waals surface area (Å²) in [6, 6.07) is 10.8. The van der Waals surface area contributed by atoms with Crippen molar-refractivity contribution in [3.8, 4) is 0 Å². The van der Waals surface area contributed by atoms with E-state index in [0.29, 0.717) is 5.92 Å². The smallest absolute Gasteiger partial charge is 0.146 e. The fourth-order valence-corrected chi connectivity index (χ4v) is 5.93. The summed E-state index contributed by atoms with van der Waals surface area (Å²) in [5, 5.41) is 4.96. The van der Waals surface area contributed by atoms with Crippen molar-refractivity contribution in [3.05, 3.63) is 52.2 Å². The van der Waals surface area contributed by atoms with Crippen LogP contribution in [0.5, 0.6) is 0 Å². The predicted octanol–water partition coefficient (Wildman–Crippen LogP) is 4.46. The molecule has 0 unspecified atom stereocenters. The van der Waals surface area contributed by atoms with Crippen LogP contribution in [0.15, 0.2) is 30.3 Å². The Balaban J connectivity index is 1.23. The molecule has 3 aromatic rings. The molecule has 0 atom stereocenters. The molecule has 1 aromatic carbocycles. The number of thiophene rings is 1. The number of hydrogen-bond donors (Lipinski definition) is 1. The number of aromatic nitrogens is 2. The SMILES string of the molecule is Cc1sc2nc(CN3CCOCC3)nc(NCC3CCN(Cc4ccccc4)CC3)c2c1C. The van der Waals surface area contributed by atoms with E-state index in [-0.39, 0.29) is 0 Å². The number of benzene rings is 1. The number of piperidine rings is 1. The van der Waals surface area contributed by atoms with Gasteiger partial charge in [-0.3, -0.25) is 9.80 Å². The third-order valence-electron chi connectivity index (χ3n) is 7.06. The Hall–Kier alpha value is -2.06. The van der Waals surface area contributed by atoms with Crippen LogP contribution in [0.25, 0.3) is 10.2 Å². The van der Waals surface area contributed by atoms with E-state index in [1.807, 2.05) is 0 Å². The Morgan fingerprint density at radius 3 is 2.45 bits per heavy atom. The zero-order valence-corrected chi connectivity index (χ0v) is 20.7. The number of hydrogen-bond acceptors (Lipinski definition) is 7. The van der Waals surface area contributed by atoms with Crippen LogP contribution in [0.4, 0.5) is 5.82 Å². The molecule has 0 saturated carbocycles. The van der Waals surface area contributed by atoms with E-state index in [2.05, 4.69) is 59.3 Å². The minimum absolute atomic E-state index is 0.685. The van der Waals surface area contributed by atoms with E-state index in [1.165, 1.54) is 47.3 Å². The van der Waals surface area contributed by atoms with Crippen molar-refractivity contribution in [1.29, 1.82) is 0 Å². The van der Waals surface area contributed by atoms with Crippen molar-refractivity contribution in [2.75, 3.05) is 51.3 Å². The standard InChI is InChI=1S/C26H35N5OS/c1-19-20(2)33-26-24(19)25(28-23(29-26)18-31-12-14-32-15-13-31)27-16-21-8-10-30(11-9-21)17-22-6-4-3-5-7-22/h3-7,21H,8-18H2,1-2H3,(H,27,28,29). The summed E-state index contributed by atoms with van der Waals surface area (Å²) < 4.78 is 5.50. The first-order chi connectivity index (χ1) is 16.2. The second-order valence-electron chi connectivity index (χ2n) is 9.43. The van der Waals surface area contributed by atoms with Crippen molar-refractivity contribution in [1.82, 2.24) is 19.8 Å². The predicted molar refractivity (Wildman–Crippen MR) is 136 cm³/mol. The second-order valence-corrected chi connectivity index (χ2v) is 10.6. The lowest BCUT2D eigenvalue weighted by Gasteiger charge is -2.32. The maximum Gasteiger partial charge on any atom is 0.146 e. The number of likely N-dealkylation sites (tertiary alicyclic amines) is 1. The lowest BCUT2D eigenvalue weighted by atomic mass is 9.96. The second kappa shape index (κ2) is 10.5. The van der Waals surface area contributed by atoms with Gasteiger partial charge < -0.3 is 10.1 Å². The molecule has 2 aliphatic rings. The van der Waals surface area contributed by atoms with Crippen molar-refractivity contribution in [2.45, 2.75) is 39.8 Å². The van der Waals surface area contributed by atoms with Gasteiger partial charge in [-0.05, 0) is 56.8 Å². The quantitative estimate of drug-likeness (QED) is 0.556. The molecule has 0 spiro atoms. The fourth-order valence-electron chi connectivity index (χ4n) is 4.88. The van der Waals surface area contributed by atoms with E-state index in [9.17, 15) is 0 Å². The number of fused-ring (bicyclic) bond motifs is 1. The van der Waals surface area contributed by atoms with E-state index < -0.39 is 0 Å². The number of ether oxygens (including phenoxy) is 1. The van der Waals surface area contributed by atoms with Gasteiger partial charge in [-0.1, -0.05) is 30.3 Å². The summed E-state index contributed by atoms with van der Waals surface area (Å²) >= 11 is 1.79. The normalized spacial score (nSPS) is 18.7. The highest BCUT2D eigenvalue weighted by atomic mass is 32.1. The van der Waals surface area contributed by atoms with Gasteiger partial charge in [0.05, 0.1) is 25.1 Å². The molecule has 33 heavy (non-hydrogen) atoms. The summed E-state index contributed by atoms with van der Waals surface area (Å²) in [6.07, 6.45) is 2.46. The van der Waals surface area contributed by atoms with Gasteiger partial charge in [0.1, 0.15) is 16.5 Å². The lowest BCUT2D eigenvalue weighted by Crippen LogP contribution is -2.36. The molecule has 6 nitrogen and oxygen atoms in total. The number of nitrogens with one attached hydrogen (secondary N) is 1. The third-order valence-corrected chi connectivity index (χ3v) is 8.16. The molecule has 2 fully saturated rings. The molecular formula is C26H35N5OS. The van der Waals surface area contributed by atoms with Crippen LogP contribution in [0, 0.1) is 19.8 Å². The van der Waals surface area contributed by atoms with Gasteiger partial charge in [-0.15, -0.1) is 11.3 Å². The minimum atomic E-state index is 0.685. The summed E-state index contributed by atoms with van der Waals surface area (Å²) in [6.45, 7) is 13.1. The van der Waals surface area contributed by atoms with Crippen LogP contribution in [-0.2, 0) is 17.8 Å². The topological polar surface area (TPSA) is 53.5 Å². The molecular weight excluding hydrogens is 430 g/mol. The molecule has 0 aliphatic carbocycles. The van der Waals surface area contributed by atoms with E-state index in [1.54, 1.807) is 11.3 Å². The maximum absolute atomic E-state index is 5.50. The van der Waals surface area contributed by atoms with Crippen LogP contribution in [-0.4, -0.2) is 65.7 Å². The highest BCUT2D eigenvalue weighted by Gasteiger charge is 2.21. The van der Waals surface area contributed by atoms with Crippen molar-refractivity contribution < 1.29 is 4.74 Å². The van der Waals surface area contributed by atoms with Crippen LogP contribution in [0.3, 0.4) is 0 Å². The number of nitrogens with zero attached hydrogens (tertiary/aromatic N) is 4. The van der Waals surface area contributed by atoms with E-state index >= 15 is 0 Å². The maximum atomic E-state index is 5.50. The van der Waals surface area contributed by atoms with Gasteiger partial charge in [0.15, 0.2) is 0 Å². The summed E-state index contributed by atoms with van der Waals surface area (Å²) in [4.78, 5) is 17.4. The van der Waals surface area contributed by atoms with Gasteiger partial charge in [-0.2, -0.15) is 0 Å². The summed E-state index contributed by atoms with van der Waals surface area (Å²) in [5.74, 6) is 2.63. The fraction of sp³-hybridized carbons (Fsp3) is 0.538. The average molecular weight is 466 g/mol. The molecule has 0 radical (unpaired) electrons. The van der Waals surface area contributed by atoms with Crippen LogP contribution in [0.1, 0.15) is 34.7 Å². The zero-order chi connectivity index (χ0) is 22.6. The number of rotatable bonds is 7. The van der Waals surface area contributed by atoms with E-state index in [4.69, 9.17) is 14.7 Å². The first-order valence-electron chi connectivity index (χ1n) is 12.2. The Labute approximate surface area is 201 Å². The molecule has 4 heterocycles. The highest BCUT2D eigenvalue weighted by molar-refractivity contribution is 7.18. The van der Waals surface area contributed by atoms with Gasteiger partial charge >= 0.3 is 0 Å². The molecule has 1 N–H and O–H groups in total. The minimum Gasteiger partial charge on any atom is -0.379 e. The zero-order valence-electron chi connectivity index (χ0n) is 19.8. The van der Waals surface area contributed by atoms with Gasteiger partial charge in [-0.25, -0.2) is 9.97 Å². The van der Waals surface area contributed by atoms with Crippen molar-refractivity contribution >= 4 is 27.4 Å². The number of morpholine rings is 1. The highest BCUT2D eigenvalue weighted by Crippen LogP contribution is 2.34. The Morgan fingerprint density at radius 1 is 0.970 bits per heavy atom. The van der Waals surface area contributed by atoms with E-state index in [0.717, 1.165) is 62.4 Å². The Morgan fingerprint density at radius 2 is 1.70 bits per heavy atom. The van der Waals surface area contributed by atoms with Gasteiger partial charge in [0.25, 0.3) is 0 Å². The first kappa shape index (κ1) is 22.7. The monoisotopic (exact) mass is 465 g/mol. The van der Waals surface area contributed by atoms with Crippen molar-refractivity contribution in [3.63, 3.8) is 0 Å². The molecule has 0 amide bonds. The molecule has 7 heteroatoms. The number of aryl methyl sites for hydroxylation is 2. The van der Waals surface area contributed by atoms with Crippen LogP contribution >= 0.6 is 11.3 Å². The van der Waals surface area contributed by atoms with Crippen LogP contribution < -0.4 is 5.32 Å². The number of anilines is 1. The largest absolute Gasteiger partial charge is 0.379 e. The average Bonchev–Trinajstić information content (AvgIpc) is 3.13. The molecule has 0 bridgehead atoms. The Bertz CT molecular complexity index is 1060.